The third-order valence-corrected chi connectivity index (χ3v) is 3.94. The number of carbonyl (C=O) groups excluding carboxylic acids is 1. The second kappa shape index (κ2) is 4.93. The second-order valence-corrected chi connectivity index (χ2v) is 5.12. The fraction of sp³-hybridized carbons (Fsp3) is 0.636. The second-order valence-electron chi connectivity index (χ2n) is 4.04. The SMILES string of the molecule is Cc1nc(CN)sc1C(=O)OC1CCCC1. The molecule has 1 saturated carbocycles. The number of aryl methyl sites for hydroxylation is 1. The maximum Gasteiger partial charge on any atom is 0.350 e. The third kappa shape index (κ3) is 2.41. The highest BCUT2D eigenvalue weighted by atomic mass is 32.1. The fourth-order valence-electron chi connectivity index (χ4n) is 1.94. The van der Waals surface area contributed by atoms with E-state index in [2.05, 4.69) is 4.98 Å². The van der Waals surface area contributed by atoms with Crippen molar-refractivity contribution in [2.24, 2.45) is 5.73 Å². The standard InChI is InChI=1S/C11H16N2O2S/c1-7-10(16-9(6-12)13-7)11(14)15-8-4-2-3-5-8/h8H,2-6,12H2,1H3. The average molecular weight is 240 g/mol. The van der Waals surface area contributed by atoms with E-state index in [-0.39, 0.29) is 12.1 Å². The lowest BCUT2D eigenvalue weighted by Crippen LogP contribution is -2.14. The molecule has 1 aromatic heterocycles. The van der Waals surface area contributed by atoms with E-state index < -0.39 is 0 Å². The van der Waals surface area contributed by atoms with Gasteiger partial charge in [0.1, 0.15) is 16.0 Å². The molecule has 88 valence electrons. The number of ether oxygens (including phenoxy) is 1. The first-order chi connectivity index (χ1) is 7.70. The summed E-state index contributed by atoms with van der Waals surface area (Å²) in [6.45, 7) is 2.20. The summed E-state index contributed by atoms with van der Waals surface area (Å²) >= 11 is 1.34. The van der Waals surface area contributed by atoms with Crippen molar-refractivity contribution in [1.29, 1.82) is 0 Å². The van der Waals surface area contributed by atoms with E-state index >= 15 is 0 Å². The van der Waals surface area contributed by atoms with Crippen LogP contribution in [0.2, 0.25) is 0 Å². The largest absolute Gasteiger partial charge is 0.458 e. The van der Waals surface area contributed by atoms with Crippen molar-refractivity contribution in [3.05, 3.63) is 15.6 Å². The molecule has 0 spiro atoms. The van der Waals surface area contributed by atoms with Crippen molar-refractivity contribution in [1.82, 2.24) is 4.98 Å². The number of thiazole rings is 1. The van der Waals surface area contributed by atoms with Crippen LogP contribution in [0.1, 0.15) is 46.1 Å². The molecule has 5 heteroatoms. The van der Waals surface area contributed by atoms with E-state index in [0.29, 0.717) is 11.4 Å². The summed E-state index contributed by atoms with van der Waals surface area (Å²) in [5.74, 6) is -0.235. The molecule has 0 aromatic carbocycles. The van der Waals surface area contributed by atoms with Gasteiger partial charge in [0.25, 0.3) is 0 Å². The molecular formula is C11H16N2O2S. The molecular weight excluding hydrogens is 224 g/mol. The highest BCUT2D eigenvalue weighted by molar-refractivity contribution is 7.13. The van der Waals surface area contributed by atoms with E-state index in [4.69, 9.17) is 10.5 Å². The van der Waals surface area contributed by atoms with Crippen LogP contribution in [-0.2, 0) is 11.3 Å². The molecule has 1 aromatic rings. The number of nitrogens with two attached hydrogens (primary N) is 1. The molecule has 16 heavy (non-hydrogen) atoms. The normalized spacial score (nSPS) is 16.6. The summed E-state index contributed by atoms with van der Waals surface area (Å²) in [6, 6.07) is 0. The number of rotatable bonds is 3. The van der Waals surface area contributed by atoms with Gasteiger partial charge in [-0.2, -0.15) is 0 Å². The van der Waals surface area contributed by atoms with E-state index in [1.165, 1.54) is 11.3 Å². The minimum Gasteiger partial charge on any atom is -0.458 e. The van der Waals surface area contributed by atoms with Gasteiger partial charge in [-0.05, 0) is 32.6 Å². The quantitative estimate of drug-likeness (QED) is 0.821. The molecule has 0 amide bonds. The zero-order valence-electron chi connectivity index (χ0n) is 9.36. The van der Waals surface area contributed by atoms with Gasteiger partial charge in [0.2, 0.25) is 0 Å². The van der Waals surface area contributed by atoms with Gasteiger partial charge in [0, 0.05) is 6.54 Å². The van der Waals surface area contributed by atoms with Crippen LogP contribution >= 0.6 is 11.3 Å². The third-order valence-electron chi connectivity index (χ3n) is 2.78. The maximum atomic E-state index is 11.9. The number of hydrogen-bond acceptors (Lipinski definition) is 5. The monoisotopic (exact) mass is 240 g/mol. The van der Waals surface area contributed by atoms with Crippen LogP contribution in [0.4, 0.5) is 0 Å². The smallest absolute Gasteiger partial charge is 0.350 e. The molecule has 1 aliphatic rings. The number of aromatic nitrogens is 1. The highest BCUT2D eigenvalue weighted by Gasteiger charge is 2.23. The Hall–Kier alpha value is -0.940. The number of carbonyl (C=O) groups is 1. The molecule has 1 heterocycles. The first kappa shape index (κ1) is 11.5. The maximum absolute atomic E-state index is 11.9. The minimum absolute atomic E-state index is 0.107. The summed E-state index contributed by atoms with van der Waals surface area (Å²) in [5.41, 5.74) is 6.22. The zero-order chi connectivity index (χ0) is 11.5. The molecule has 1 fully saturated rings. The van der Waals surface area contributed by atoms with E-state index in [1.807, 2.05) is 6.92 Å². The van der Waals surface area contributed by atoms with Crippen molar-refractivity contribution in [2.75, 3.05) is 0 Å². The molecule has 1 aliphatic carbocycles. The summed E-state index contributed by atoms with van der Waals surface area (Å²) < 4.78 is 5.43. The average Bonchev–Trinajstić information content (AvgIpc) is 2.87. The Kier molecular flexibility index (Phi) is 3.56. The molecule has 0 radical (unpaired) electrons. The number of hydrogen-bond donors (Lipinski definition) is 1. The first-order valence-corrected chi connectivity index (χ1v) is 6.39. The van der Waals surface area contributed by atoms with Crippen molar-refractivity contribution in [3.63, 3.8) is 0 Å². The molecule has 2 rings (SSSR count). The Morgan fingerprint density at radius 2 is 2.25 bits per heavy atom. The molecule has 0 aliphatic heterocycles. The topological polar surface area (TPSA) is 65.2 Å². The Morgan fingerprint density at radius 1 is 1.56 bits per heavy atom. The minimum atomic E-state index is -0.235. The summed E-state index contributed by atoms with van der Waals surface area (Å²) in [4.78, 5) is 16.7. The first-order valence-electron chi connectivity index (χ1n) is 5.58. The highest BCUT2D eigenvalue weighted by Crippen LogP contribution is 2.24. The summed E-state index contributed by atoms with van der Waals surface area (Å²) in [7, 11) is 0. The van der Waals surface area contributed by atoms with Gasteiger partial charge in [0.15, 0.2) is 0 Å². The van der Waals surface area contributed by atoms with Crippen molar-refractivity contribution < 1.29 is 9.53 Å². The van der Waals surface area contributed by atoms with Crippen LogP contribution in [0.25, 0.3) is 0 Å². The Balaban J connectivity index is 2.04. The summed E-state index contributed by atoms with van der Waals surface area (Å²) in [6.07, 6.45) is 4.41. The molecule has 0 unspecified atom stereocenters. The van der Waals surface area contributed by atoms with Gasteiger partial charge < -0.3 is 10.5 Å². The zero-order valence-corrected chi connectivity index (χ0v) is 10.2. The van der Waals surface area contributed by atoms with Gasteiger partial charge in [-0.25, -0.2) is 9.78 Å². The van der Waals surface area contributed by atoms with Gasteiger partial charge in [0.05, 0.1) is 5.69 Å². The number of esters is 1. The predicted octanol–water partition coefficient (Wildman–Crippen LogP) is 2.01. The van der Waals surface area contributed by atoms with Crippen molar-refractivity contribution in [3.8, 4) is 0 Å². The van der Waals surface area contributed by atoms with Crippen LogP contribution < -0.4 is 5.73 Å². The van der Waals surface area contributed by atoms with Crippen molar-refractivity contribution in [2.45, 2.75) is 45.3 Å². The van der Waals surface area contributed by atoms with E-state index in [1.54, 1.807) is 0 Å². The molecule has 0 saturated heterocycles. The fourth-order valence-corrected chi connectivity index (χ4v) is 2.77. The molecule has 2 N–H and O–H groups in total. The van der Waals surface area contributed by atoms with Gasteiger partial charge in [-0.15, -0.1) is 11.3 Å². The van der Waals surface area contributed by atoms with Crippen LogP contribution in [0.5, 0.6) is 0 Å². The van der Waals surface area contributed by atoms with E-state index in [0.717, 1.165) is 36.4 Å². The Bertz CT molecular complexity index is 383. The van der Waals surface area contributed by atoms with Gasteiger partial charge in [-0.1, -0.05) is 0 Å². The van der Waals surface area contributed by atoms with Crippen LogP contribution in [0.3, 0.4) is 0 Å². The predicted molar refractivity (Wildman–Crippen MR) is 62.4 cm³/mol. The molecule has 0 atom stereocenters. The van der Waals surface area contributed by atoms with Crippen molar-refractivity contribution >= 4 is 17.3 Å². The summed E-state index contributed by atoms with van der Waals surface area (Å²) in [5, 5.41) is 0.788. The molecule has 4 nitrogen and oxygen atoms in total. The lowest BCUT2D eigenvalue weighted by atomic mass is 10.3. The Labute approximate surface area is 98.8 Å². The van der Waals surface area contributed by atoms with Gasteiger partial charge in [-0.3, -0.25) is 0 Å². The van der Waals surface area contributed by atoms with Crippen LogP contribution in [0, 0.1) is 6.92 Å². The number of nitrogens with zero attached hydrogens (tertiary/aromatic N) is 1. The lowest BCUT2D eigenvalue weighted by molar-refractivity contribution is 0.0322. The van der Waals surface area contributed by atoms with Gasteiger partial charge >= 0.3 is 5.97 Å². The van der Waals surface area contributed by atoms with Crippen LogP contribution in [-0.4, -0.2) is 17.1 Å². The Morgan fingerprint density at radius 3 is 2.81 bits per heavy atom. The van der Waals surface area contributed by atoms with E-state index in [9.17, 15) is 4.79 Å². The lowest BCUT2D eigenvalue weighted by Gasteiger charge is -2.09. The van der Waals surface area contributed by atoms with Crippen LogP contribution in [0.15, 0.2) is 0 Å². The molecule has 0 bridgehead atoms.